The van der Waals surface area contributed by atoms with Gasteiger partial charge in [0, 0.05) is 26.6 Å². The van der Waals surface area contributed by atoms with Crippen molar-refractivity contribution in [3.63, 3.8) is 0 Å². The van der Waals surface area contributed by atoms with E-state index in [4.69, 9.17) is 0 Å². The normalized spacial score (nSPS) is 14.7. The smallest absolute Gasteiger partial charge is 0.190 e. The number of guanidine groups is 1. The van der Waals surface area contributed by atoms with Gasteiger partial charge in [-0.2, -0.15) is 0 Å². The molecule has 1 aromatic carbocycles. The molecule has 1 heterocycles. The zero-order valence-corrected chi connectivity index (χ0v) is 15.3. The molecule has 0 saturated heterocycles. The van der Waals surface area contributed by atoms with Gasteiger partial charge in [-0.1, -0.05) is 12.1 Å². The number of hydrogen-bond donors (Lipinski definition) is 3. The summed E-state index contributed by atoms with van der Waals surface area (Å²) in [4.78, 5) is 12.2. The van der Waals surface area contributed by atoms with Crippen molar-refractivity contribution >= 4 is 41.0 Å². The number of aliphatic imine (C=N–C) groups is 1. The maximum Gasteiger partial charge on any atom is 0.190 e. The molecule has 1 aliphatic carbocycles. The van der Waals surface area contributed by atoms with Crippen LogP contribution in [0.15, 0.2) is 29.3 Å². The molecule has 0 spiro atoms. The third-order valence-corrected chi connectivity index (χ3v) is 3.80. The van der Waals surface area contributed by atoms with Gasteiger partial charge in [0.15, 0.2) is 5.96 Å². The Morgan fingerprint density at radius 1 is 1.32 bits per heavy atom. The van der Waals surface area contributed by atoms with Crippen molar-refractivity contribution in [1.82, 2.24) is 20.6 Å². The lowest BCUT2D eigenvalue weighted by Gasteiger charge is -2.10. The average Bonchev–Trinajstić information content (AvgIpc) is 3.24. The number of nitrogens with one attached hydrogen (secondary N) is 3. The Balaban J connectivity index is 0.00000176. The fourth-order valence-electron chi connectivity index (χ4n) is 2.37. The highest BCUT2D eigenvalue weighted by Gasteiger charge is 2.20. The topological polar surface area (TPSA) is 65.1 Å². The van der Waals surface area contributed by atoms with E-state index in [-0.39, 0.29) is 24.0 Å². The van der Waals surface area contributed by atoms with Crippen LogP contribution >= 0.6 is 24.0 Å². The van der Waals surface area contributed by atoms with Gasteiger partial charge in [-0.3, -0.25) is 4.99 Å². The van der Waals surface area contributed by atoms with Crippen LogP contribution < -0.4 is 10.6 Å². The van der Waals surface area contributed by atoms with Crippen molar-refractivity contribution in [3.8, 4) is 0 Å². The summed E-state index contributed by atoms with van der Waals surface area (Å²) < 4.78 is 0. The Morgan fingerprint density at radius 2 is 2.14 bits per heavy atom. The second kappa shape index (κ2) is 8.36. The number of halogens is 1. The number of benzene rings is 1. The van der Waals surface area contributed by atoms with Gasteiger partial charge in [-0.25, -0.2) is 4.98 Å². The van der Waals surface area contributed by atoms with Crippen LogP contribution in [-0.4, -0.2) is 36.1 Å². The van der Waals surface area contributed by atoms with Gasteiger partial charge in [0.1, 0.15) is 5.82 Å². The van der Waals surface area contributed by atoms with Gasteiger partial charge >= 0.3 is 0 Å². The zero-order chi connectivity index (χ0) is 14.5. The monoisotopic (exact) mass is 413 g/mol. The number of fused-ring (bicyclic) bond motifs is 1. The molecule has 5 nitrogen and oxygen atoms in total. The van der Waals surface area contributed by atoms with E-state index >= 15 is 0 Å². The van der Waals surface area contributed by atoms with Crippen LogP contribution in [0.1, 0.15) is 25.1 Å². The first-order valence-corrected chi connectivity index (χ1v) is 7.73. The fourth-order valence-corrected chi connectivity index (χ4v) is 2.37. The molecule has 1 aliphatic rings. The van der Waals surface area contributed by atoms with Crippen molar-refractivity contribution in [2.75, 3.05) is 20.1 Å². The number of nitrogens with zero attached hydrogens (tertiary/aromatic N) is 2. The molecule has 1 saturated carbocycles. The van der Waals surface area contributed by atoms with E-state index in [0.29, 0.717) is 0 Å². The van der Waals surface area contributed by atoms with E-state index in [1.54, 1.807) is 0 Å². The van der Waals surface area contributed by atoms with Crippen molar-refractivity contribution in [2.45, 2.75) is 25.7 Å². The number of aromatic amines is 1. The highest BCUT2D eigenvalue weighted by atomic mass is 127. The van der Waals surface area contributed by atoms with Crippen molar-refractivity contribution in [2.24, 2.45) is 10.9 Å². The van der Waals surface area contributed by atoms with Gasteiger partial charge < -0.3 is 15.6 Å². The minimum atomic E-state index is 0. The summed E-state index contributed by atoms with van der Waals surface area (Å²) in [6.45, 7) is 1.95. The molecule has 1 aromatic heterocycles. The Hall–Kier alpha value is -1.31. The van der Waals surface area contributed by atoms with E-state index in [9.17, 15) is 0 Å². The standard InChI is InChI=1S/C16H23N5.HI/c1-17-16(19-11-12-8-9-12)18-10-4-7-15-20-13-5-2-3-6-14(13)21-15;/h2-3,5-6,12H,4,7-11H2,1H3,(H,20,21)(H2,17,18,19);1H. The van der Waals surface area contributed by atoms with Gasteiger partial charge in [-0.05, 0) is 37.3 Å². The zero-order valence-electron chi connectivity index (χ0n) is 12.9. The highest BCUT2D eigenvalue weighted by molar-refractivity contribution is 14.0. The van der Waals surface area contributed by atoms with Crippen LogP contribution in [0.5, 0.6) is 0 Å². The minimum Gasteiger partial charge on any atom is -0.356 e. The van der Waals surface area contributed by atoms with E-state index < -0.39 is 0 Å². The van der Waals surface area contributed by atoms with Crippen LogP contribution in [-0.2, 0) is 6.42 Å². The van der Waals surface area contributed by atoms with Crippen LogP contribution in [0.25, 0.3) is 11.0 Å². The quantitative estimate of drug-likeness (QED) is 0.295. The van der Waals surface area contributed by atoms with E-state index in [1.807, 2.05) is 25.2 Å². The lowest BCUT2D eigenvalue weighted by atomic mass is 10.3. The molecular weight excluding hydrogens is 389 g/mol. The van der Waals surface area contributed by atoms with Gasteiger partial charge in [0.05, 0.1) is 11.0 Å². The van der Waals surface area contributed by atoms with Crippen molar-refractivity contribution < 1.29 is 0 Å². The molecule has 2 aromatic rings. The Labute approximate surface area is 148 Å². The molecule has 0 atom stereocenters. The minimum absolute atomic E-state index is 0. The molecule has 6 heteroatoms. The maximum atomic E-state index is 4.59. The molecule has 0 amide bonds. The van der Waals surface area contributed by atoms with Gasteiger partial charge in [0.25, 0.3) is 0 Å². The molecule has 3 rings (SSSR count). The Bertz CT molecular complexity index is 585. The molecule has 0 radical (unpaired) electrons. The average molecular weight is 413 g/mol. The van der Waals surface area contributed by atoms with Crippen LogP contribution in [0.4, 0.5) is 0 Å². The fraction of sp³-hybridized carbons (Fsp3) is 0.500. The number of para-hydroxylation sites is 2. The summed E-state index contributed by atoms with van der Waals surface area (Å²) in [7, 11) is 1.82. The Morgan fingerprint density at radius 3 is 2.86 bits per heavy atom. The largest absolute Gasteiger partial charge is 0.356 e. The number of H-pyrrole nitrogens is 1. The third-order valence-electron chi connectivity index (χ3n) is 3.80. The van der Waals surface area contributed by atoms with Gasteiger partial charge in [-0.15, -0.1) is 24.0 Å². The predicted molar refractivity (Wildman–Crippen MR) is 102 cm³/mol. The van der Waals surface area contributed by atoms with Crippen molar-refractivity contribution in [3.05, 3.63) is 30.1 Å². The van der Waals surface area contributed by atoms with E-state index in [2.05, 4.69) is 31.7 Å². The Kier molecular flexibility index (Phi) is 6.48. The summed E-state index contributed by atoms with van der Waals surface area (Å²) in [5, 5.41) is 6.72. The first-order valence-electron chi connectivity index (χ1n) is 7.73. The first-order chi connectivity index (χ1) is 10.3. The summed E-state index contributed by atoms with van der Waals surface area (Å²) in [5.41, 5.74) is 2.16. The summed E-state index contributed by atoms with van der Waals surface area (Å²) in [6.07, 6.45) is 4.69. The van der Waals surface area contributed by atoms with Crippen molar-refractivity contribution in [1.29, 1.82) is 0 Å². The molecule has 1 fully saturated rings. The SMILES string of the molecule is CN=C(NCCCc1nc2ccccc2[nH]1)NCC1CC1.I. The van der Waals surface area contributed by atoms with Crippen LogP contribution in [0.3, 0.4) is 0 Å². The van der Waals surface area contributed by atoms with Gasteiger partial charge in [0.2, 0.25) is 0 Å². The number of imidazole rings is 1. The lowest BCUT2D eigenvalue weighted by Crippen LogP contribution is -2.38. The lowest BCUT2D eigenvalue weighted by molar-refractivity contribution is 0.706. The number of hydrogen-bond acceptors (Lipinski definition) is 2. The summed E-state index contributed by atoms with van der Waals surface area (Å²) in [6, 6.07) is 8.15. The first kappa shape index (κ1) is 17.1. The maximum absolute atomic E-state index is 4.59. The molecule has 0 unspecified atom stereocenters. The number of aryl methyl sites for hydroxylation is 1. The second-order valence-corrected chi connectivity index (χ2v) is 5.63. The van der Waals surface area contributed by atoms with Crippen LogP contribution in [0, 0.1) is 5.92 Å². The highest BCUT2D eigenvalue weighted by Crippen LogP contribution is 2.27. The number of rotatable bonds is 6. The predicted octanol–water partition coefficient (Wildman–Crippen LogP) is 2.69. The van der Waals surface area contributed by atoms with E-state index in [1.165, 1.54) is 12.8 Å². The molecule has 0 aliphatic heterocycles. The molecular formula is C16H24IN5. The molecule has 3 N–H and O–H groups in total. The molecule has 22 heavy (non-hydrogen) atoms. The summed E-state index contributed by atoms with van der Waals surface area (Å²) in [5.74, 6) is 2.82. The molecule has 120 valence electrons. The van der Waals surface area contributed by atoms with E-state index in [0.717, 1.165) is 54.7 Å². The second-order valence-electron chi connectivity index (χ2n) is 5.63. The summed E-state index contributed by atoms with van der Waals surface area (Å²) >= 11 is 0. The molecule has 0 bridgehead atoms. The third kappa shape index (κ3) is 4.86. The number of aromatic nitrogens is 2. The van der Waals surface area contributed by atoms with Crippen LogP contribution in [0.2, 0.25) is 0 Å².